The van der Waals surface area contributed by atoms with Crippen molar-refractivity contribution in [3.63, 3.8) is 0 Å². The second-order valence-corrected chi connectivity index (χ2v) is 10.9. The summed E-state index contributed by atoms with van der Waals surface area (Å²) in [7, 11) is 1.35. The molecule has 0 saturated heterocycles. The number of pyridine rings is 1. The summed E-state index contributed by atoms with van der Waals surface area (Å²) in [6, 6.07) is 17.3. The van der Waals surface area contributed by atoms with Gasteiger partial charge in [-0.2, -0.15) is 0 Å². The normalized spacial score (nSPS) is 26.4. The first kappa shape index (κ1) is 22.4. The van der Waals surface area contributed by atoms with Crippen LogP contribution in [-0.2, 0) is 10.2 Å². The Kier molecular flexibility index (Phi) is 5.68. The third-order valence-electron chi connectivity index (χ3n) is 8.14. The predicted molar refractivity (Wildman–Crippen MR) is 137 cm³/mol. The van der Waals surface area contributed by atoms with Gasteiger partial charge in [-0.1, -0.05) is 17.7 Å². The van der Waals surface area contributed by atoms with Crippen LogP contribution in [0.4, 0.5) is 11.5 Å². The number of nitrogens with zero attached hydrogens (tertiary/aromatic N) is 1. The van der Waals surface area contributed by atoms with E-state index in [1.807, 2.05) is 30.3 Å². The maximum atomic E-state index is 12.0. The molecule has 6 heteroatoms. The molecule has 0 aliphatic heterocycles. The molecule has 3 aromatic rings. The molecule has 1 aromatic heterocycles. The number of hydrogen-bond donors (Lipinski definition) is 1. The zero-order valence-corrected chi connectivity index (χ0v) is 20.6. The molecule has 1 heterocycles. The number of anilines is 2. The SMILES string of the molecule is COC(=O)c1cccnc1Nc1ccc(Oc2ccc(C34CC5CC(CC(C5)C3)C4)cc2Cl)cc1. The van der Waals surface area contributed by atoms with Crippen LogP contribution in [-0.4, -0.2) is 18.1 Å². The number of esters is 1. The quantitative estimate of drug-likeness (QED) is 0.363. The molecule has 7 rings (SSSR count). The molecule has 0 unspecified atom stereocenters. The van der Waals surface area contributed by atoms with Crippen molar-refractivity contribution in [2.24, 2.45) is 17.8 Å². The number of carbonyl (C=O) groups excluding carboxylic acids is 1. The summed E-state index contributed by atoms with van der Waals surface area (Å²) < 4.78 is 11.0. The first-order valence-electron chi connectivity index (χ1n) is 12.4. The molecule has 5 nitrogen and oxygen atoms in total. The smallest absolute Gasteiger partial charge is 0.341 e. The van der Waals surface area contributed by atoms with E-state index in [2.05, 4.69) is 22.4 Å². The molecule has 4 bridgehead atoms. The largest absolute Gasteiger partial charge is 0.465 e. The summed E-state index contributed by atoms with van der Waals surface area (Å²) >= 11 is 6.73. The number of methoxy groups -OCH3 is 1. The number of halogens is 1. The Morgan fingerprint density at radius 3 is 2.31 bits per heavy atom. The van der Waals surface area contributed by atoms with E-state index in [4.69, 9.17) is 21.1 Å². The Morgan fingerprint density at radius 2 is 1.69 bits per heavy atom. The van der Waals surface area contributed by atoms with Gasteiger partial charge in [-0.3, -0.25) is 0 Å². The predicted octanol–water partition coefficient (Wildman–Crippen LogP) is 7.53. The average Bonchev–Trinajstić information content (AvgIpc) is 2.85. The van der Waals surface area contributed by atoms with Crippen molar-refractivity contribution >= 4 is 29.1 Å². The van der Waals surface area contributed by atoms with E-state index in [1.165, 1.54) is 51.2 Å². The van der Waals surface area contributed by atoms with Crippen LogP contribution >= 0.6 is 11.6 Å². The number of aromatic nitrogens is 1. The van der Waals surface area contributed by atoms with Crippen LogP contribution < -0.4 is 10.1 Å². The Morgan fingerprint density at radius 1 is 1.00 bits per heavy atom. The van der Waals surface area contributed by atoms with Crippen molar-refractivity contribution in [2.75, 3.05) is 12.4 Å². The van der Waals surface area contributed by atoms with Crippen molar-refractivity contribution in [3.8, 4) is 11.5 Å². The molecule has 0 atom stereocenters. The van der Waals surface area contributed by atoms with Crippen LogP contribution in [0.15, 0.2) is 60.8 Å². The first-order valence-corrected chi connectivity index (χ1v) is 12.8. The molecule has 4 saturated carbocycles. The van der Waals surface area contributed by atoms with Gasteiger partial charge < -0.3 is 14.8 Å². The Labute approximate surface area is 210 Å². The standard InChI is InChI=1S/C29H29ClN2O3/c1-34-28(33)24-3-2-10-31-27(24)32-22-5-7-23(8-6-22)35-26-9-4-21(14-25(26)30)29-15-18-11-19(16-29)13-20(12-18)17-29/h2-10,14,18-20H,11-13,15-17H2,1H3,(H,31,32). The summed E-state index contributed by atoms with van der Waals surface area (Å²) in [6.45, 7) is 0. The maximum absolute atomic E-state index is 12.0. The lowest BCUT2D eigenvalue weighted by Gasteiger charge is -2.57. The lowest BCUT2D eigenvalue weighted by atomic mass is 9.48. The van der Waals surface area contributed by atoms with Crippen LogP contribution in [0.2, 0.25) is 5.02 Å². The van der Waals surface area contributed by atoms with Gasteiger partial charge in [0.25, 0.3) is 0 Å². The lowest BCUT2D eigenvalue weighted by molar-refractivity contribution is -0.00519. The fraction of sp³-hybridized carbons (Fsp3) is 0.379. The molecule has 4 aliphatic rings. The molecule has 35 heavy (non-hydrogen) atoms. The van der Waals surface area contributed by atoms with Crippen molar-refractivity contribution in [2.45, 2.75) is 43.9 Å². The first-order chi connectivity index (χ1) is 17.0. The van der Waals surface area contributed by atoms with E-state index in [0.717, 1.165) is 23.4 Å². The minimum absolute atomic E-state index is 0.318. The molecule has 2 aromatic carbocycles. The monoisotopic (exact) mass is 488 g/mol. The second kappa shape index (κ2) is 8.87. The van der Waals surface area contributed by atoms with Crippen LogP contribution in [0.1, 0.15) is 54.4 Å². The van der Waals surface area contributed by atoms with Crippen LogP contribution in [0, 0.1) is 17.8 Å². The van der Waals surface area contributed by atoms with Crippen molar-refractivity contribution in [1.82, 2.24) is 4.98 Å². The van der Waals surface area contributed by atoms with E-state index in [1.54, 1.807) is 18.3 Å². The lowest BCUT2D eigenvalue weighted by Crippen LogP contribution is -2.48. The van der Waals surface area contributed by atoms with Crippen molar-refractivity contribution in [1.29, 1.82) is 0 Å². The Balaban J connectivity index is 1.16. The van der Waals surface area contributed by atoms with Crippen molar-refractivity contribution < 1.29 is 14.3 Å². The number of nitrogens with one attached hydrogen (secondary N) is 1. The van der Waals surface area contributed by atoms with E-state index in [9.17, 15) is 4.79 Å². The fourth-order valence-electron chi connectivity index (χ4n) is 7.03. The van der Waals surface area contributed by atoms with Gasteiger partial charge in [-0.25, -0.2) is 9.78 Å². The Hall–Kier alpha value is -3.05. The Bertz CT molecular complexity index is 1220. The van der Waals surface area contributed by atoms with Crippen LogP contribution in [0.3, 0.4) is 0 Å². The third-order valence-corrected chi connectivity index (χ3v) is 8.44. The zero-order valence-electron chi connectivity index (χ0n) is 19.8. The third kappa shape index (κ3) is 4.27. The second-order valence-electron chi connectivity index (χ2n) is 10.5. The minimum atomic E-state index is -0.438. The van der Waals surface area contributed by atoms with Crippen molar-refractivity contribution in [3.05, 3.63) is 76.9 Å². The highest BCUT2D eigenvalue weighted by atomic mass is 35.5. The van der Waals surface area contributed by atoms with Gasteiger partial charge in [0.1, 0.15) is 22.9 Å². The van der Waals surface area contributed by atoms with Gasteiger partial charge in [-0.05, 0) is 116 Å². The highest BCUT2D eigenvalue weighted by Crippen LogP contribution is 2.61. The average molecular weight is 489 g/mol. The summed E-state index contributed by atoms with van der Waals surface area (Å²) in [5.74, 6) is 4.06. The zero-order chi connectivity index (χ0) is 24.0. The van der Waals surface area contributed by atoms with Crippen LogP contribution in [0.25, 0.3) is 0 Å². The summed E-state index contributed by atoms with van der Waals surface area (Å²) in [6.07, 6.45) is 9.88. The van der Waals surface area contributed by atoms with E-state index >= 15 is 0 Å². The highest BCUT2D eigenvalue weighted by molar-refractivity contribution is 6.32. The minimum Gasteiger partial charge on any atom is -0.465 e. The molecular formula is C29H29ClN2O3. The maximum Gasteiger partial charge on any atom is 0.341 e. The molecule has 4 fully saturated rings. The number of hydrogen-bond acceptors (Lipinski definition) is 5. The highest BCUT2D eigenvalue weighted by Gasteiger charge is 2.51. The van der Waals surface area contributed by atoms with E-state index in [-0.39, 0.29) is 0 Å². The summed E-state index contributed by atoms with van der Waals surface area (Å²) in [5, 5.41) is 3.83. The van der Waals surface area contributed by atoms with Crippen LogP contribution in [0.5, 0.6) is 11.5 Å². The summed E-state index contributed by atoms with van der Waals surface area (Å²) in [4.78, 5) is 16.2. The summed E-state index contributed by atoms with van der Waals surface area (Å²) in [5.41, 5.74) is 2.87. The number of carbonyl (C=O) groups is 1. The van der Waals surface area contributed by atoms with E-state index in [0.29, 0.717) is 33.3 Å². The number of benzene rings is 2. The van der Waals surface area contributed by atoms with Gasteiger partial charge in [0.05, 0.1) is 12.1 Å². The van der Waals surface area contributed by atoms with Gasteiger partial charge in [0.15, 0.2) is 0 Å². The number of rotatable bonds is 6. The molecular weight excluding hydrogens is 460 g/mol. The molecule has 180 valence electrons. The van der Waals surface area contributed by atoms with Gasteiger partial charge >= 0.3 is 5.97 Å². The van der Waals surface area contributed by atoms with Gasteiger partial charge in [0, 0.05) is 11.9 Å². The number of ether oxygens (including phenoxy) is 2. The molecule has 0 radical (unpaired) electrons. The fourth-order valence-corrected chi connectivity index (χ4v) is 7.25. The molecule has 0 amide bonds. The molecule has 0 spiro atoms. The molecule has 4 aliphatic carbocycles. The topological polar surface area (TPSA) is 60.5 Å². The molecule has 1 N–H and O–H groups in total. The van der Waals surface area contributed by atoms with Gasteiger partial charge in [-0.15, -0.1) is 0 Å². The van der Waals surface area contributed by atoms with E-state index < -0.39 is 5.97 Å². The van der Waals surface area contributed by atoms with Gasteiger partial charge in [0.2, 0.25) is 0 Å².